The van der Waals surface area contributed by atoms with Gasteiger partial charge in [-0.1, -0.05) is 11.6 Å². The standard InChI is InChI=1S/C8H4F6.C8H4F3N.C7H4BrF3.C7H4ClF3.C7H4F4.C7H4F3NO2/c1-3-5(9)2-4(8(12,13)14)7(11)6(3)10;1-4-6(9)2-7(10)5(3-12)8(4)11;2*1-3-4(9)2-5(10)6(8)7(3)11;1-3-6(10)4(8)2-5(9)7(3)11;1-3-4(8)2-5(9)7(6(3)10)11(12)13/h2H,1H3;2H,1H3;3*2H,1H3;2H,1H3. The highest BCUT2D eigenvalue weighted by Gasteiger charge is 2.37. The van der Waals surface area contributed by atoms with E-state index in [-0.39, 0.29) is 39.4 Å². The number of nitro groups is 1. The average Bonchev–Trinajstić information content (AvgIpc) is 3.29. The molecular weight excluding hydrogens is 1120 g/mol. The number of nitriles is 1. The van der Waals surface area contributed by atoms with Gasteiger partial charge in [-0.25, -0.2) is 74.6 Å². The minimum atomic E-state index is -5.10. The highest BCUT2D eigenvalue weighted by molar-refractivity contribution is 9.10. The van der Waals surface area contributed by atoms with Crippen LogP contribution in [0.25, 0.3) is 0 Å². The number of hydrogen-bond donors (Lipinski definition) is 0. The number of benzene rings is 6. The van der Waals surface area contributed by atoms with Crippen LogP contribution in [-0.4, -0.2) is 4.92 Å². The van der Waals surface area contributed by atoms with E-state index in [1.807, 2.05) is 0 Å². The zero-order valence-corrected chi connectivity index (χ0v) is 38.6. The van der Waals surface area contributed by atoms with E-state index >= 15 is 0 Å². The van der Waals surface area contributed by atoms with E-state index in [1.165, 1.54) is 19.9 Å². The lowest BCUT2D eigenvalue weighted by atomic mass is 10.1. The van der Waals surface area contributed by atoms with Crippen molar-refractivity contribution in [2.75, 3.05) is 0 Å². The Morgan fingerprint density at radius 3 is 1.22 bits per heavy atom. The predicted octanol–water partition coefficient (Wildman–Crippen LogP) is 16.8. The van der Waals surface area contributed by atoms with Crippen molar-refractivity contribution in [2.45, 2.75) is 47.7 Å². The van der Waals surface area contributed by atoms with Crippen LogP contribution in [0, 0.1) is 174 Å². The van der Waals surface area contributed by atoms with E-state index in [1.54, 1.807) is 0 Å². The summed E-state index contributed by atoms with van der Waals surface area (Å²) >= 11 is 7.79. The van der Waals surface area contributed by atoms with Gasteiger partial charge in [-0.15, -0.1) is 0 Å². The first kappa shape index (κ1) is 63.5. The molecule has 0 aromatic heterocycles. The maximum absolute atomic E-state index is 12.9. The molecule has 4 nitrogen and oxygen atoms in total. The summed E-state index contributed by atoms with van der Waals surface area (Å²) in [6, 6.07) is 3.41. The lowest BCUT2D eigenvalue weighted by molar-refractivity contribution is -0.390. The van der Waals surface area contributed by atoms with E-state index in [0.717, 1.165) is 27.7 Å². The van der Waals surface area contributed by atoms with Gasteiger partial charge in [0.15, 0.2) is 40.7 Å². The van der Waals surface area contributed by atoms with E-state index in [0.29, 0.717) is 18.2 Å². The third kappa shape index (κ3) is 15.7. The second-order valence-electron chi connectivity index (χ2n) is 13.6. The number of nitro benzene ring substituents is 1. The molecule has 0 fully saturated rings. The summed E-state index contributed by atoms with van der Waals surface area (Å²) < 4.78 is 274. The summed E-state index contributed by atoms with van der Waals surface area (Å²) in [6.07, 6.45) is -5.10. The summed E-state index contributed by atoms with van der Waals surface area (Å²) in [5.74, 6) is -23.9. The molecular formula is C44H24BrClF22N2O2. The first-order chi connectivity index (χ1) is 32.9. The number of rotatable bonds is 1. The third-order valence-corrected chi connectivity index (χ3v) is 9.85. The third-order valence-electron chi connectivity index (χ3n) is 8.78. The molecule has 0 aliphatic rings. The quantitative estimate of drug-likeness (QED) is 0.0542. The van der Waals surface area contributed by atoms with Gasteiger partial charge in [-0.05, 0) is 63.5 Å². The van der Waals surface area contributed by atoms with Gasteiger partial charge in [0.25, 0.3) is 0 Å². The minimum Gasteiger partial charge on any atom is -0.258 e. The fourth-order valence-corrected chi connectivity index (χ4v) is 5.14. The van der Waals surface area contributed by atoms with Crippen LogP contribution >= 0.6 is 27.5 Å². The van der Waals surface area contributed by atoms with Crippen LogP contribution in [0.2, 0.25) is 5.02 Å². The van der Waals surface area contributed by atoms with Crippen molar-refractivity contribution in [1.82, 2.24) is 0 Å². The van der Waals surface area contributed by atoms with Crippen molar-refractivity contribution in [3.63, 3.8) is 0 Å². The van der Waals surface area contributed by atoms with Gasteiger partial charge in [0.1, 0.15) is 74.8 Å². The molecule has 0 N–H and O–H groups in total. The Hall–Kier alpha value is -6.56. The predicted molar refractivity (Wildman–Crippen MR) is 215 cm³/mol. The molecule has 390 valence electrons. The molecule has 0 amide bonds. The first-order valence-corrected chi connectivity index (χ1v) is 19.5. The fourth-order valence-electron chi connectivity index (χ4n) is 4.53. The van der Waals surface area contributed by atoms with Crippen LogP contribution in [0.5, 0.6) is 0 Å². The van der Waals surface area contributed by atoms with Crippen LogP contribution < -0.4 is 0 Å². The Morgan fingerprint density at radius 1 is 0.444 bits per heavy atom. The van der Waals surface area contributed by atoms with Crippen molar-refractivity contribution in [3.05, 3.63) is 211 Å². The molecule has 6 aromatic rings. The second-order valence-corrected chi connectivity index (χ2v) is 14.8. The van der Waals surface area contributed by atoms with Gasteiger partial charge >= 0.3 is 11.9 Å². The SMILES string of the molecule is Cc1c(F)c(F)cc(F)c1F.Cc1c(F)cc(C(F)(F)F)c(F)c1F.Cc1c(F)cc(F)c(Br)c1F.Cc1c(F)cc(F)c(C#N)c1F.Cc1c(F)cc(F)c(Cl)c1F.Cc1c(F)cc(F)c([N+](=O)[O-])c1F. The topological polar surface area (TPSA) is 66.9 Å². The van der Waals surface area contributed by atoms with Gasteiger partial charge in [-0.2, -0.15) is 27.2 Å². The molecule has 0 unspecified atom stereocenters. The molecule has 6 aromatic carbocycles. The monoisotopic (exact) mass is 1140 g/mol. The normalized spacial score (nSPS) is 10.5. The zero-order valence-electron chi connectivity index (χ0n) is 36.2. The van der Waals surface area contributed by atoms with Gasteiger partial charge in [0.05, 0.1) is 15.0 Å². The molecule has 0 aliphatic heterocycles. The van der Waals surface area contributed by atoms with Gasteiger partial charge in [0.2, 0.25) is 11.6 Å². The molecule has 0 radical (unpaired) electrons. The number of nitrogens with zero attached hydrogens (tertiary/aromatic N) is 2. The van der Waals surface area contributed by atoms with E-state index in [9.17, 15) is 107 Å². The Labute approximate surface area is 404 Å². The second kappa shape index (κ2) is 26.2. The molecule has 72 heavy (non-hydrogen) atoms. The summed E-state index contributed by atoms with van der Waals surface area (Å²) in [5.41, 5.74) is -6.75. The maximum Gasteiger partial charge on any atom is 0.419 e. The van der Waals surface area contributed by atoms with Crippen LogP contribution in [0.1, 0.15) is 44.5 Å². The number of alkyl halides is 3. The number of hydrogen-bond acceptors (Lipinski definition) is 3. The Bertz CT molecular complexity index is 2830. The maximum atomic E-state index is 12.9. The van der Waals surface area contributed by atoms with Crippen LogP contribution in [0.15, 0.2) is 40.9 Å². The molecule has 0 spiro atoms. The molecule has 0 bridgehead atoms. The van der Waals surface area contributed by atoms with Crippen molar-refractivity contribution < 1.29 is 102 Å². The van der Waals surface area contributed by atoms with Crippen molar-refractivity contribution >= 4 is 33.2 Å². The summed E-state index contributed by atoms with van der Waals surface area (Å²) in [7, 11) is 0. The first-order valence-electron chi connectivity index (χ1n) is 18.3. The van der Waals surface area contributed by atoms with Crippen LogP contribution in [-0.2, 0) is 6.18 Å². The minimum absolute atomic E-state index is 0.0618. The van der Waals surface area contributed by atoms with E-state index < -0.39 is 160 Å². The average molecular weight is 1150 g/mol. The summed E-state index contributed by atoms with van der Waals surface area (Å²) in [4.78, 5) is 8.88. The smallest absolute Gasteiger partial charge is 0.258 e. The van der Waals surface area contributed by atoms with Crippen molar-refractivity contribution in [1.29, 1.82) is 5.26 Å². The summed E-state index contributed by atoms with van der Waals surface area (Å²) in [5, 5.41) is 17.7. The highest BCUT2D eigenvalue weighted by Crippen LogP contribution is 2.34. The van der Waals surface area contributed by atoms with Gasteiger partial charge < -0.3 is 0 Å². The van der Waals surface area contributed by atoms with E-state index in [2.05, 4.69) is 15.9 Å². The van der Waals surface area contributed by atoms with Crippen LogP contribution in [0.4, 0.5) is 102 Å². The van der Waals surface area contributed by atoms with E-state index in [4.69, 9.17) is 16.9 Å². The number of halogens is 24. The Morgan fingerprint density at radius 2 is 0.792 bits per heavy atom. The molecule has 6 rings (SSSR count). The molecule has 0 atom stereocenters. The Balaban J connectivity index is 0.000000433. The largest absolute Gasteiger partial charge is 0.419 e. The van der Waals surface area contributed by atoms with Crippen LogP contribution in [0.3, 0.4) is 0 Å². The molecule has 0 saturated heterocycles. The Kier molecular flexibility index (Phi) is 23.1. The zero-order chi connectivity index (χ0) is 56.3. The lowest BCUT2D eigenvalue weighted by Crippen LogP contribution is -2.11. The fraction of sp³-hybridized carbons (Fsp3) is 0.159. The van der Waals surface area contributed by atoms with Gasteiger partial charge in [-0.3, -0.25) is 10.1 Å². The van der Waals surface area contributed by atoms with Crippen molar-refractivity contribution in [2.24, 2.45) is 0 Å². The highest BCUT2D eigenvalue weighted by atomic mass is 79.9. The van der Waals surface area contributed by atoms with Crippen molar-refractivity contribution in [3.8, 4) is 6.07 Å². The lowest BCUT2D eigenvalue weighted by Gasteiger charge is -2.10. The molecule has 0 heterocycles. The molecule has 28 heteroatoms. The molecule has 0 saturated carbocycles. The van der Waals surface area contributed by atoms with Gasteiger partial charge in [0, 0.05) is 63.7 Å². The summed E-state index contributed by atoms with van der Waals surface area (Å²) in [6.45, 7) is 6.40. The molecule has 0 aliphatic carbocycles.